The maximum absolute atomic E-state index is 13.1. The Balaban J connectivity index is 1.63. The lowest BCUT2D eigenvalue weighted by atomic mass is 9.99. The van der Waals surface area contributed by atoms with Gasteiger partial charge in [-0.05, 0) is 61.2 Å². The van der Waals surface area contributed by atoms with Crippen LogP contribution in [0.5, 0.6) is 0 Å². The number of fused-ring (bicyclic) bond motifs is 2. The molecule has 2 aromatic carbocycles. The number of nitrogens with zero attached hydrogens (tertiary/aromatic N) is 2. The van der Waals surface area contributed by atoms with E-state index in [-0.39, 0.29) is 11.9 Å². The molecule has 1 amide bonds. The van der Waals surface area contributed by atoms with Crippen LogP contribution in [0.15, 0.2) is 42.5 Å². The minimum absolute atomic E-state index is 0.0489. The van der Waals surface area contributed by atoms with Crippen molar-refractivity contribution in [1.29, 1.82) is 0 Å². The second kappa shape index (κ2) is 7.08. The maximum atomic E-state index is 13.1. The number of amides is 1. The lowest BCUT2D eigenvalue weighted by molar-refractivity contribution is -0.117. The van der Waals surface area contributed by atoms with Crippen LogP contribution in [0.4, 0.5) is 5.69 Å². The molecule has 0 saturated heterocycles. The zero-order chi connectivity index (χ0) is 19.8. The highest BCUT2D eigenvalue weighted by Crippen LogP contribution is 2.31. The summed E-state index contributed by atoms with van der Waals surface area (Å²) < 4.78 is 4.78. The fourth-order valence-corrected chi connectivity index (χ4v) is 3.98. The van der Waals surface area contributed by atoms with Crippen molar-refractivity contribution < 1.29 is 14.3 Å². The predicted octanol–water partition coefficient (Wildman–Crippen LogP) is 3.77. The van der Waals surface area contributed by atoms with Gasteiger partial charge in [0.15, 0.2) is 0 Å². The Hall–Kier alpha value is -3.21. The zero-order valence-electron chi connectivity index (χ0n) is 16.3. The van der Waals surface area contributed by atoms with Gasteiger partial charge in [0.2, 0.25) is 5.91 Å². The second-order valence-corrected chi connectivity index (χ2v) is 7.13. The summed E-state index contributed by atoms with van der Waals surface area (Å²) in [7, 11) is 1.37. The fraction of sp³-hybridized carbons (Fsp3) is 0.261. The monoisotopic (exact) mass is 374 g/mol. The molecule has 0 saturated carbocycles. The minimum Gasteiger partial charge on any atom is -0.465 e. The Kier molecular flexibility index (Phi) is 4.59. The van der Waals surface area contributed by atoms with E-state index < -0.39 is 0 Å². The highest BCUT2D eigenvalue weighted by Gasteiger charge is 2.26. The zero-order valence-corrected chi connectivity index (χ0v) is 16.3. The van der Waals surface area contributed by atoms with E-state index in [1.165, 1.54) is 7.11 Å². The molecule has 5 heteroatoms. The number of carbonyl (C=O) groups is 2. The quantitative estimate of drug-likeness (QED) is 0.655. The molecule has 0 atom stereocenters. The number of para-hydroxylation sites is 1. The van der Waals surface area contributed by atoms with Crippen molar-refractivity contribution in [2.75, 3.05) is 18.6 Å². The molecule has 4 rings (SSSR count). The molecule has 0 radical (unpaired) electrons. The lowest BCUT2D eigenvalue weighted by Gasteiger charge is -2.19. The SMILES string of the molecule is COC(=O)c1ccc2c(c1)CCN2C(=O)Cc1c(C)nc2ccccc2c1C. The number of ether oxygens (including phenoxy) is 1. The van der Waals surface area contributed by atoms with E-state index in [0.717, 1.165) is 45.4 Å². The van der Waals surface area contributed by atoms with Gasteiger partial charge < -0.3 is 9.64 Å². The Labute approximate surface area is 163 Å². The summed E-state index contributed by atoms with van der Waals surface area (Å²) in [5, 5.41) is 1.08. The Morgan fingerprint density at radius 2 is 1.93 bits per heavy atom. The molecule has 142 valence electrons. The van der Waals surface area contributed by atoms with Gasteiger partial charge in [0.05, 0.1) is 24.6 Å². The number of anilines is 1. The van der Waals surface area contributed by atoms with Gasteiger partial charge in [-0.2, -0.15) is 0 Å². The molecule has 0 bridgehead atoms. The molecule has 1 aliphatic heterocycles. The molecule has 3 aromatic rings. The molecule has 2 heterocycles. The van der Waals surface area contributed by atoms with Crippen molar-refractivity contribution in [2.24, 2.45) is 0 Å². The first-order valence-electron chi connectivity index (χ1n) is 9.36. The van der Waals surface area contributed by atoms with E-state index in [9.17, 15) is 9.59 Å². The Morgan fingerprint density at radius 1 is 1.14 bits per heavy atom. The van der Waals surface area contributed by atoms with Crippen LogP contribution in [0.3, 0.4) is 0 Å². The molecule has 28 heavy (non-hydrogen) atoms. The predicted molar refractivity (Wildman–Crippen MR) is 109 cm³/mol. The number of hydrogen-bond acceptors (Lipinski definition) is 4. The maximum Gasteiger partial charge on any atom is 0.337 e. The molecule has 0 aliphatic carbocycles. The van der Waals surface area contributed by atoms with Crippen LogP contribution in [-0.2, 0) is 22.4 Å². The van der Waals surface area contributed by atoms with Gasteiger partial charge in [-0.3, -0.25) is 9.78 Å². The van der Waals surface area contributed by atoms with Gasteiger partial charge in [-0.15, -0.1) is 0 Å². The summed E-state index contributed by atoms with van der Waals surface area (Å²) in [5.74, 6) is -0.311. The first-order chi connectivity index (χ1) is 13.5. The normalized spacial score (nSPS) is 12.9. The van der Waals surface area contributed by atoms with Gasteiger partial charge in [0.1, 0.15) is 0 Å². The van der Waals surface area contributed by atoms with Gasteiger partial charge in [0.25, 0.3) is 0 Å². The molecule has 0 unspecified atom stereocenters. The largest absolute Gasteiger partial charge is 0.465 e. The van der Waals surface area contributed by atoms with Crippen molar-refractivity contribution in [1.82, 2.24) is 4.98 Å². The lowest BCUT2D eigenvalue weighted by Crippen LogP contribution is -2.30. The number of hydrogen-bond donors (Lipinski definition) is 0. The third kappa shape index (κ3) is 3.03. The van der Waals surface area contributed by atoms with Crippen molar-refractivity contribution in [2.45, 2.75) is 26.7 Å². The molecule has 5 nitrogen and oxygen atoms in total. The van der Waals surface area contributed by atoms with E-state index in [1.54, 1.807) is 6.07 Å². The number of rotatable bonds is 3. The number of methoxy groups -OCH3 is 1. The number of pyridine rings is 1. The van der Waals surface area contributed by atoms with Crippen molar-refractivity contribution in [3.63, 3.8) is 0 Å². The summed E-state index contributed by atoms with van der Waals surface area (Å²) in [6.07, 6.45) is 1.05. The Morgan fingerprint density at radius 3 is 2.71 bits per heavy atom. The number of esters is 1. The van der Waals surface area contributed by atoms with Crippen LogP contribution in [0.25, 0.3) is 10.9 Å². The van der Waals surface area contributed by atoms with Gasteiger partial charge in [-0.1, -0.05) is 18.2 Å². The molecule has 0 N–H and O–H groups in total. The number of aromatic nitrogens is 1. The number of benzene rings is 2. The molecule has 1 aromatic heterocycles. The standard InChI is InChI=1S/C23H22N2O3/c1-14-18-6-4-5-7-20(18)24-15(2)19(14)13-22(26)25-11-10-16-12-17(23(27)28-3)8-9-21(16)25/h4-9,12H,10-11,13H2,1-3H3. The average molecular weight is 374 g/mol. The highest BCUT2D eigenvalue weighted by molar-refractivity contribution is 5.99. The van der Waals surface area contributed by atoms with Crippen LogP contribution in [0.1, 0.15) is 32.7 Å². The minimum atomic E-state index is -0.360. The van der Waals surface area contributed by atoms with E-state index in [4.69, 9.17) is 4.74 Å². The summed E-state index contributed by atoms with van der Waals surface area (Å²) in [5.41, 5.74) is 6.34. The van der Waals surface area contributed by atoms with Crippen molar-refractivity contribution in [3.05, 3.63) is 70.4 Å². The van der Waals surface area contributed by atoms with Crippen LogP contribution in [-0.4, -0.2) is 30.5 Å². The second-order valence-electron chi connectivity index (χ2n) is 7.13. The van der Waals surface area contributed by atoms with Crippen LogP contribution in [0, 0.1) is 13.8 Å². The van der Waals surface area contributed by atoms with Gasteiger partial charge in [0, 0.05) is 23.3 Å². The van der Waals surface area contributed by atoms with Crippen LogP contribution < -0.4 is 4.90 Å². The molecular formula is C23H22N2O3. The van der Waals surface area contributed by atoms with E-state index in [1.807, 2.05) is 48.2 Å². The third-order valence-electron chi connectivity index (χ3n) is 5.51. The molecule has 0 fully saturated rings. The van der Waals surface area contributed by atoms with E-state index in [0.29, 0.717) is 18.5 Å². The van der Waals surface area contributed by atoms with Crippen molar-refractivity contribution >= 4 is 28.5 Å². The average Bonchev–Trinajstić information content (AvgIpc) is 3.13. The van der Waals surface area contributed by atoms with E-state index in [2.05, 4.69) is 11.9 Å². The van der Waals surface area contributed by atoms with Crippen LogP contribution >= 0.6 is 0 Å². The first-order valence-corrected chi connectivity index (χ1v) is 9.36. The first kappa shape index (κ1) is 18.2. The summed E-state index contributed by atoms with van der Waals surface area (Å²) in [6.45, 7) is 4.64. The van der Waals surface area contributed by atoms with Gasteiger partial charge in [-0.25, -0.2) is 4.79 Å². The Bertz CT molecular complexity index is 1100. The smallest absolute Gasteiger partial charge is 0.337 e. The summed E-state index contributed by atoms with van der Waals surface area (Å²) in [6, 6.07) is 13.4. The van der Waals surface area contributed by atoms with Crippen LogP contribution in [0.2, 0.25) is 0 Å². The third-order valence-corrected chi connectivity index (χ3v) is 5.51. The molecular weight excluding hydrogens is 352 g/mol. The summed E-state index contributed by atoms with van der Waals surface area (Å²) in [4.78, 5) is 31.3. The van der Waals surface area contributed by atoms with E-state index >= 15 is 0 Å². The van der Waals surface area contributed by atoms with Gasteiger partial charge >= 0.3 is 5.97 Å². The fourth-order valence-electron chi connectivity index (χ4n) is 3.98. The molecule has 1 aliphatic rings. The number of aryl methyl sites for hydroxylation is 2. The number of carbonyl (C=O) groups excluding carboxylic acids is 2. The van der Waals surface area contributed by atoms with Crippen molar-refractivity contribution in [3.8, 4) is 0 Å². The topological polar surface area (TPSA) is 59.5 Å². The molecule has 0 spiro atoms. The highest BCUT2D eigenvalue weighted by atomic mass is 16.5. The summed E-state index contributed by atoms with van der Waals surface area (Å²) >= 11 is 0.